The molecule has 1 N–H and O–H groups in total. The maximum absolute atomic E-state index is 11.9. The molecule has 1 aliphatic carbocycles. The lowest BCUT2D eigenvalue weighted by atomic mass is 9.78. The van der Waals surface area contributed by atoms with Crippen molar-refractivity contribution in [2.45, 2.75) is 70.6 Å². The molecule has 4 rings (SSSR count). The van der Waals surface area contributed by atoms with Crippen LogP contribution in [0.2, 0.25) is 0 Å². The number of nitrogens with one attached hydrogen (secondary N) is 1. The van der Waals surface area contributed by atoms with Gasteiger partial charge >= 0.3 is 6.09 Å². The van der Waals surface area contributed by atoms with E-state index in [-0.39, 0.29) is 29.3 Å². The molecule has 35 heavy (non-hydrogen) atoms. The molecule has 1 amide bonds. The average molecular weight is 476 g/mol. The number of benzene rings is 2. The fraction of sp³-hybridized carbons (Fsp3) is 0.393. The van der Waals surface area contributed by atoms with E-state index in [4.69, 9.17) is 14.2 Å². The zero-order valence-electron chi connectivity index (χ0n) is 20.9. The van der Waals surface area contributed by atoms with Gasteiger partial charge in [-0.25, -0.2) is 14.8 Å². The maximum Gasteiger partial charge on any atom is 0.407 e. The summed E-state index contributed by atoms with van der Waals surface area (Å²) in [7, 11) is 0. The first kappa shape index (κ1) is 24.5. The summed E-state index contributed by atoms with van der Waals surface area (Å²) in [5.41, 5.74) is 1.86. The lowest BCUT2D eigenvalue weighted by Gasteiger charge is -2.35. The summed E-state index contributed by atoms with van der Waals surface area (Å²) in [6.07, 6.45) is 5.74. The van der Waals surface area contributed by atoms with Crippen LogP contribution in [0.5, 0.6) is 17.2 Å². The van der Waals surface area contributed by atoms with Crippen molar-refractivity contribution in [1.82, 2.24) is 15.3 Å². The topological polar surface area (TPSA) is 82.6 Å². The third-order valence-electron chi connectivity index (χ3n) is 6.03. The van der Waals surface area contributed by atoms with E-state index in [2.05, 4.69) is 53.4 Å². The summed E-state index contributed by atoms with van der Waals surface area (Å²) in [5, 5.41) is 2.82. The summed E-state index contributed by atoms with van der Waals surface area (Å²) in [4.78, 5) is 19.8. The minimum Gasteiger partial charge on any atom is -0.490 e. The Kier molecular flexibility index (Phi) is 6.96. The fourth-order valence-electron chi connectivity index (χ4n) is 3.92. The van der Waals surface area contributed by atoms with E-state index in [0.717, 1.165) is 11.5 Å². The van der Waals surface area contributed by atoms with Gasteiger partial charge in [0.1, 0.15) is 30.0 Å². The number of alkyl carbamates (subject to hydrolysis) is 1. The van der Waals surface area contributed by atoms with Crippen LogP contribution in [0.1, 0.15) is 58.6 Å². The van der Waals surface area contributed by atoms with Crippen LogP contribution >= 0.6 is 0 Å². The van der Waals surface area contributed by atoms with E-state index in [9.17, 15) is 4.79 Å². The van der Waals surface area contributed by atoms with Gasteiger partial charge < -0.3 is 19.5 Å². The van der Waals surface area contributed by atoms with Gasteiger partial charge in [-0.15, -0.1) is 0 Å². The molecule has 7 nitrogen and oxygen atoms in total. The first-order valence-electron chi connectivity index (χ1n) is 11.9. The quantitative estimate of drug-likeness (QED) is 0.449. The molecule has 1 fully saturated rings. The summed E-state index contributed by atoms with van der Waals surface area (Å²) < 4.78 is 17.3. The summed E-state index contributed by atoms with van der Waals surface area (Å²) >= 11 is 0. The molecule has 7 heteroatoms. The Hall–Kier alpha value is -3.61. The van der Waals surface area contributed by atoms with Gasteiger partial charge in [0.2, 0.25) is 0 Å². The van der Waals surface area contributed by atoms with Crippen molar-refractivity contribution in [3.05, 3.63) is 78.4 Å². The standard InChI is InChI=1S/C28H33N3O4/c1-27(2,3)31-26(32)35-24-14-23(15-24)33-21-10-6-19(7-11-21)28(4,5)20-8-12-22(13-9-20)34-25-16-29-18-30-17-25/h6-13,16-18,23-24H,14-15H2,1-5H3,(H,31,32). The minimum absolute atomic E-state index is 0.0591. The molecule has 0 radical (unpaired) electrons. The van der Waals surface area contributed by atoms with Gasteiger partial charge in [-0.05, 0) is 56.2 Å². The Morgan fingerprint density at radius 1 is 0.800 bits per heavy atom. The van der Waals surface area contributed by atoms with E-state index in [0.29, 0.717) is 18.6 Å². The molecule has 1 aromatic heterocycles. The Morgan fingerprint density at radius 3 is 1.89 bits per heavy atom. The Bertz CT molecular complexity index is 1120. The molecular weight excluding hydrogens is 442 g/mol. The average Bonchev–Trinajstić information content (AvgIpc) is 2.78. The first-order valence-corrected chi connectivity index (χ1v) is 11.9. The van der Waals surface area contributed by atoms with Crippen molar-refractivity contribution in [2.75, 3.05) is 0 Å². The number of amides is 1. The molecule has 0 aliphatic heterocycles. The third-order valence-corrected chi connectivity index (χ3v) is 6.03. The third kappa shape index (κ3) is 6.50. The number of hydrogen-bond donors (Lipinski definition) is 1. The van der Waals surface area contributed by atoms with Gasteiger partial charge in [0.15, 0.2) is 5.75 Å². The second-order valence-corrected chi connectivity index (χ2v) is 10.5. The molecule has 184 valence electrons. The predicted molar refractivity (Wildman–Crippen MR) is 134 cm³/mol. The number of rotatable bonds is 7. The van der Waals surface area contributed by atoms with Crippen LogP contribution in [0, 0.1) is 0 Å². The second-order valence-electron chi connectivity index (χ2n) is 10.5. The molecule has 1 saturated carbocycles. The molecule has 0 spiro atoms. The number of nitrogens with zero attached hydrogens (tertiary/aromatic N) is 2. The monoisotopic (exact) mass is 475 g/mol. The fourth-order valence-corrected chi connectivity index (χ4v) is 3.92. The van der Waals surface area contributed by atoms with Crippen LogP contribution in [0.3, 0.4) is 0 Å². The van der Waals surface area contributed by atoms with Gasteiger partial charge in [-0.2, -0.15) is 0 Å². The van der Waals surface area contributed by atoms with Gasteiger partial charge in [-0.3, -0.25) is 0 Å². The Balaban J connectivity index is 1.30. The number of carbonyl (C=O) groups excluding carboxylic acids is 1. The highest BCUT2D eigenvalue weighted by molar-refractivity contribution is 5.68. The zero-order chi connectivity index (χ0) is 25.1. The molecular formula is C28H33N3O4. The number of ether oxygens (including phenoxy) is 3. The SMILES string of the molecule is CC(C)(C)NC(=O)OC1CC(Oc2ccc(C(C)(C)c3ccc(Oc4cncnc4)cc3)cc2)C1. The largest absolute Gasteiger partial charge is 0.490 e. The Labute approximate surface area is 206 Å². The maximum atomic E-state index is 11.9. The highest BCUT2D eigenvalue weighted by atomic mass is 16.6. The normalized spacial score (nSPS) is 17.7. The van der Waals surface area contributed by atoms with E-state index >= 15 is 0 Å². The zero-order valence-corrected chi connectivity index (χ0v) is 20.9. The molecule has 3 aromatic rings. The first-order chi connectivity index (χ1) is 16.6. The van der Waals surface area contributed by atoms with Crippen molar-refractivity contribution in [3.63, 3.8) is 0 Å². The van der Waals surface area contributed by atoms with E-state index in [1.54, 1.807) is 12.4 Å². The summed E-state index contributed by atoms with van der Waals surface area (Å²) in [6, 6.07) is 16.3. The van der Waals surface area contributed by atoms with Crippen LogP contribution in [0.25, 0.3) is 0 Å². The molecule has 0 atom stereocenters. The van der Waals surface area contributed by atoms with Crippen molar-refractivity contribution in [2.24, 2.45) is 0 Å². The second kappa shape index (κ2) is 9.94. The summed E-state index contributed by atoms with van der Waals surface area (Å²) in [5.74, 6) is 2.16. The lowest BCUT2D eigenvalue weighted by molar-refractivity contribution is -0.0243. The van der Waals surface area contributed by atoms with Gasteiger partial charge in [0.25, 0.3) is 0 Å². The molecule has 1 heterocycles. The van der Waals surface area contributed by atoms with Gasteiger partial charge in [0.05, 0.1) is 12.4 Å². The molecule has 1 aliphatic rings. The van der Waals surface area contributed by atoms with Crippen molar-refractivity contribution >= 4 is 6.09 Å². The van der Waals surface area contributed by atoms with Crippen LogP contribution in [-0.2, 0) is 10.2 Å². The van der Waals surface area contributed by atoms with Gasteiger partial charge in [-0.1, -0.05) is 38.1 Å². The lowest BCUT2D eigenvalue weighted by Crippen LogP contribution is -2.46. The molecule has 0 saturated heterocycles. The number of carbonyl (C=O) groups is 1. The Morgan fingerprint density at radius 2 is 1.34 bits per heavy atom. The smallest absolute Gasteiger partial charge is 0.407 e. The molecule has 0 unspecified atom stereocenters. The van der Waals surface area contributed by atoms with E-state index in [1.165, 1.54) is 17.5 Å². The van der Waals surface area contributed by atoms with Crippen LogP contribution < -0.4 is 14.8 Å². The predicted octanol–water partition coefficient (Wildman–Crippen LogP) is 6.03. The highest BCUT2D eigenvalue weighted by Gasteiger charge is 2.34. The van der Waals surface area contributed by atoms with E-state index < -0.39 is 0 Å². The van der Waals surface area contributed by atoms with Crippen molar-refractivity contribution < 1.29 is 19.0 Å². The minimum atomic E-state index is -0.374. The van der Waals surface area contributed by atoms with Crippen LogP contribution in [0.15, 0.2) is 67.3 Å². The van der Waals surface area contributed by atoms with Gasteiger partial charge in [0, 0.05) is 23.8 Å². The van der Waals surface area contributed by atoms with E-state index in [1.807, 2.05) is 45.0 Å². The number of aromatic nitrogens is 2. The highest BCUT2D eigenvalue weighted by Crippen LogP contribution is 2.35. The van der Waals surface area contributed by atoms with Crippen LogP contribution in [0.4, 0.5) is 4.79 Å². The van der Waals surface area contributed by atoms with Crippen LogP contribution in [-0.4, -0.2) is 33.8 Å². The summed E-state index contributed by atoms with van der Waals surface area (Å²) in [6.45, 7) is 10.2. The van der Waals surface area contributed by atoms with Crippen molar-refractivity contribution in [1.29, 1.82) is 0 Å². The molecule has 0 bridgehead atoms. The van der Waals surface area contributed by atoms with Crippen molar-refractivity contribution in [3.8, 4) is 17.2 Å². The molecule has 2 aromatic carbocycles. The number of hydrogen-bond acceptors (Lipinski definition) is 6.